The highest BCUT2D eigenvalue weighted by Gasteiger charge is 2.31. The number of hydrogen-bond acceptors (Lipinski definition) is 3. The van der Waals surface area contributed by atoms with Crippen LogP contribution in [0.3, 0.4) is 0 Å². The van der Waals surface area contributed by atoms with Crippen molar-refractivity contribution >= 4 is 0 Å². The lowest BCUT2D eigenvalue weighted by Gasteiger charge is -2.31. The lowest BCUT2D eigenvalue weighted by Crippen LogP contribution is -2.39. The molecule has 0 spiro atoms. The van der Waals surface area contributed by atoms with Gasteiger partial charge < -0.3 is 0 Å². The summed E-state index contributed by atoms with van der Waals surface area (Å²) < 4.78 is 2.04. The third-order valence-electron chi connectivity index (χ3n) is 3.47. The molecule has 0 bridgehead atoms. The zero-order chi connectivity index (χ0) is 12.5. The number of nitriles is 1. The smallest absolute Gasteiger partial charge is 0.0771 e. The Kier molecular flexibility index (Phi) is 3.21. The van der Waals surface area contributed by atoms with E-state index in [0.29, 0.717) is 12.5 Å². The molecule has 4 nitrogen and oxygen atoms in total. The van der Waals surface area contributed by atoms with Gasteiger partial charge in [0.2, 0.25) is 0 Å². The summed E-state index contributed by atoms with van der Waals surface area (Å²) in [5, 5.41) is 13.2. The summed E-state index contributed by atoms with van der Waals surface area (Å²) in [6.07, 6.45) is 3.37. The van der Waals surface area contributed by atoms with E-state index >= 15 is 0 Å². The molecule has 1 aliphatic heterocycles. The molecule has 2 heterocycles. The standard InChI is InChI=1S/C13H20N4/c1-13(2,3)16-9-6-12(10-16)17-11(4-7-14)5-8-15-17/h5,8,12H,4,6,9-10H2,1-3H3. The normalized spacial score (nSPS) is 21.6. The molecule has 92 valence electrons. The van der Waals surface area contributed by atoms with Crippen LogP contribution in [0.1, 0.15) is 38.9 Å². The van der Waals surface area contributed by atoms with Crippen molar-refractivity contribution in [3.05, 3.63) is 18.0 Å². The van der Waals surface area contributed by atoms with Gasteiger partial charge in [-0.3, -0.25) is 9.58 Å². The maximum atomic E-state index is 8.79. The summed E-state index contributed by atoms with van der Waals surface area (Å²) in [6.45, 7) is 8.88. The van der Waals surface area contributed by atoms with Crippen LogP contribution in [0, 0.1) is 11.3 Å². The van der Waals surface area contributed by atoms with E-state index in [1.165, 1.54) is 0 Å². The summed E-state index contributed by atoms with van der Waals surface area (Å²) in [7, 11) is 0. The van der Waals surface area contributed by atoms with Crippen molar-refractivity contribution in [3.8, 4) is 6.07 Å². The van der Waals surface area contributed by atoms with E-state index in [9.17, 15) is 0 Å². The van der Waals surface area contributed by atoms with Gasteiger partial charge in [0.25, 0.3) is 0 Å². The van der Waals surface area contributed by atoms with Crippen molar-refractivity contribution in [1.82, 2.24) is 14.7 Å². The lowest BCUT2D eigenvalue weighted by atomic mass is 10.1. The maximum absolute atomic E-state index is 8.79. The first-order chi connectivity index (χ1) is 8.02. The molecule has 0 amide bonds. The van der Waals surface area contributed by atoms with E-state index < -0.39 is 0 Å². The molecular formula is C13H20N4. The molecule has 0 N–H and O–H groups in total. The Hall–Kier alpha value is -1.34. The maximum Gasteiger partial charge on any atom is 0.0771 e. The van der Waals surface area contributed by atoms with E-state index in [0.717, 1.165) is 25.2 Å². The molecule has 0 aliphatic carbocycles. The molecule has 1 fully saturated rings. The van der Waals surface area contributed by atoms with Gasteiger partial charge in [-0.15, -0.1) is 0 Å². The van der Waals surface area contributed by atoms with Crippen molar-refractivity contribution in [1.29, 1.82) is 5.26 Å². The molecule has 1 aromatic heterocycles. The number of aromatic nitrogens is 2. The molecular weight excluding hydrogens is 212 g/mol. The highest BCUT2D eigenvalue weighted by Crippen LogP contribution is 2.28. The second kappa shape index (κ2) is 4.50. The molecule has 2 rings (SSSR count). The Bertz CT molecular complexity index is 421. The van der Waals surface area contributed by atoms with Crippen LogP contribution < -0.4 is 0 Å². The van der Waals surface area contributed by atoms with Gasteiger partial charge in [0.15, 0.2) is 0 Å². The van der Waals surface area contributed by atoms with Gasteiger partial charge in [0, 0.05) is 24.8 Å². The number of hydrogen-bond donors (Lipinski definition) is 0. The monoisotopic (exact) mass is 232 g/mol. The first kappa shape index (κ1) is 12.1. The number of likely N-dealkylation sites (tertiary alicyclic amines) is 1. The van der Waals surface area contributed by atoms with Crippen molar-refractivity contribution in [2.45, 2.75) is 45.2 Å². The lowest BCUT2D eigenvalue weighted by molar-refractivity contribution is 0.167. The molecule has 0 saturated carbocycles. The topological polar surface area (TPSA) is 44.9 Å². The average molecular weight is 232 g/mol. The van der Waals surface area contributed by atoms with Crippen LogP contribution in [0.5, 0.6) is 0 Å². The van der Waals surface area contributed by atoms with Crippen LogP contribution in [0.2, 0.25) is 0 Å². The van der Waals surface area contributed by atoms with Gasteiger partial charge in [0.1, 0.15) is 0 Å². The van der Waals surface area contributed by atoms with Gasteiger partial charge in [-0.05, 0) is 33.3 Å². The summed E-state index contributed by atoms with van der Waals surface area (Å²) in [6, 6.07) is 4.57. The quantitative estimate of drug-likeness (QED) is 0.783. The van der Waals surface area contributed by atoms with Crippen molar-refractivity contribution in [2.24, 2.45) is 0 Å². The molecule has 1 aliphatic rings. The Morgan fingerprint density at radius 1 is 1.53 bits per heavy atom. The van der Waals surface area contributed by atoms with Crippen molar-refractivity contribution in [2.75, 3.05) is 13.1 Å². The molecule has 0 radical (unpaired) electrons. The number of nitrogens with zero attached hydrogens (tertiary/aromatic N) is 4. The van der Waals surface area contributed by atoms with Gasteiger partial charge in [0.05, 0.1) is 24.2 Å². The van der Waals surface area contributed by atoms with Gasteiger partial charge in [-0.2, -0.15) is 10.4 Å². The van der Waals surface area contributed by atoms with Crippen LogP contribution >= 0.6 is 0 Å². The number of rotatable bonds is 2. The molecule has 0 aromatic carbocycles. The van der Waals surface area contributed by atoms with E-state index in [2.05, 4.69) is 36.8 Å². The van der Waals surface area contributed by atoms with E-state index in [1.54, 1.807) is 6.20 Å². The largest absolute Gasteiger partial charge is 0.296 e. The fourth-order valence-electron chi connectivity index (χ4n) is 2.44. The predicted molar refractivity (Wildman–Crippen MR) is 66.5 cm³/mol. The fraction of sp³-hybridized carbons (Fsp3) is 0.692. The highest BCUT2D eigenvalue weighted by atomic mass is 15.3. The molecule has 17 heavy (non-hydrogen) atoms. The van der Waals surface area contributed by atoms with E-state index in [4.69, 9.17) is 5.26 Å². The summed E-state index contributed by atoms with van der Waals surface area (Å²) in [5.74, 6) is 0. The zero-order valence-electron chi connectivity index (χ0n) is 10.8. The SMILES string of the molecule is CC(C)(C)N1CCC(n2nccc2CC#N)C1. The minimum Gasteiger partial charge on any atom is -0.296 e. The zero-order valence-corrected chi connectivity index (χ0v) is 10.8. The Balaban J connectivity index is 2.10. The Morgan fingerprint density at radius 2 is 2.29 bits per heavy atom. The molecule has 1 saturated heterocycles. The average Bonchev–Trinajstić information content (AvgIpc) is 2.82. The van der Waals surface area contributed by atoms with Gasteiger partial charge in [-0.25, -0.2) is 0 Å². The summed E-state index contributed by atoms with van der Waals surface area (Å²) in [4.78, 5) is 2.48. The molecule has 1 aromatic rings. The van der Waals surface area contributed by atoms with Crippen LogP contribution in [0.15, 0.2) is 12.3 Å². The minimum atomic E-state index is 0.220. The Morgan fingerprint density at radius 3 is 2.88 bits per heavy atom. The summed E-state index contributed by atoms with van der Waals surface area (Å²) in [5.41, 5.74) is 1.25. The van der Waals surface area contributed by atoms with Crippen molar-refractivity contribution < 1.29 is 0 Å². The highest BCUT2D eigenvalue weighted by molar-refractivity contribution is 5.08. The van der Waals surface area contributed by atoms with Crippen LogP contribution in [0.25, 0.3) is 0 Å². The minimum absolute atomic E-state index is 0.220. The van der Waals surface area contributed by atoms with Gasteiger partial charge >= 0.3 is 0 Å². The first-order valence-electron chi connectivity index (χ1n) is 6.17. The summed E-state index contributed by atoms with van der Waals surface area (Å²) >= 11 is 0. The molecule has 1 unspecified atom stereocenters. The van der Waals surface area contributed by atoms with Crippen LogP contribution in [-0.2, 0) is 6.42 Å². The predicted octanol–water partition coefficient (Wildman–Crippen LogP) is 1.99. The Labute approximate surface area is 103 Å². The second-order valence-corrected chi connectivity index (χ2v) is 5.66. The van der Waals surface area contributed by atoms with E-state index in [1.807, 2.05) is 10.7 Å². The third-order valence-corrected chi connectivity index (χ3v) is 3.47. The fourth-order valence-corrected chi connectivity index (χ4v) is 2.44. The van der Waals surface area contributed by atoms with Crippen molar-refractivity contribution in [3.63, 3.8) is 0 Å². The molecule has 1 atom stereocenters. The van der Waals surface area contributed by atoms with Crippen LogP contribution in [0.4, 0.5) is 0 Å². The van der Waals surface area contributed by atoms with Crippen LogP contribution in [-0.4, -0.2) is 33.3 Å². The third kappa shape index (κ3) is 2.50. The first-order valence-corrected chi connectivity index (χ1v) is 6.17. The molecule has 4 heteroatoms. The second-order valence-electron chi connectivity index (χ2n) is 5.66. The van der Waals surface area contributed by atoms with E-state index in [-0.39, 0.29) is 5.54 Å². The van der Waals surface area contributed by atoms with Gasteiger partial charge in [-0.1, -0.05) is 0 Å².